The van der Waals surface area contributed by atoms with E-state index in [1.165, 1.54) is 34.8 Å². The molecule has 9 heterocycles. The van der Waals surface area contributed by atoms with Gasteiger partial charge in [0.15, 0.2) is 35.1 Å². The number of rotatable bonds is 20. The van der Waals surface area contributed by atoms with E-state index in [9.17, 15) is 67.5 Å². The van der Waals surface area contributed by atoms with Gasteiger partial charge in [0.25, 0.3) is 22.6 Å². The second-order valence-electron chi connectivity index (χ2n) is 17.1. The molecule has 15 atom stereocenters. The van der Waals surface area contributed by atoms with Crippen LogP contribution in [0.3, 0.4) is 0 Å². The normalized spacial score (nSPS) is 30.0. The van der Waals surface area contributed by atoms with Gasteiger partial charge in [-0.15, -0.1) is 0 Å². The van der Waals surface area contributed by atoms with Gasteiger partial charge in [-0.1, -0.05) is 4.98 Å². The molecule has 3 aliphatic heterocycles. The highest BCUT2D eigenvalue weighted by atomic mass is 31.3. The summed E-state index contributed by atoms with van der Waals surface area (Å²) in [5, 5.41) is 32.8. The Hall–Kier alpha value is -5.28. The molecule has 6 aromatic rings. The van der Waals surface area contributed by atoms with Gasteiger partial charge in [-0.25, -0.2) is 27.8 Å². The first-order chi connectivity index (χ1) is 36.1. The maximum atomic E-state index is 13.9. The molecule has 43 heteroatoms. The summed E-state index contributed by atoms with van der Waals surface area (Å²) in [5.74, 6) is -1.01. The Balaban J connectivity index is 0.883. The van der Waals surface area contributed by atoms with Crippen LogP contribution < -0.4 is 38.4 Å². The summed E-state index contributed by atoms with van der Waals surface area (Å²) in [6.07, 6.45) is -12.9. The number of ether oxygens (including phenoxy) is 5. The van der Waals surface area contributed by atoms with Crippen LogP contribution in [0, 0.1) is 0 Å². The van der Waals surface area contributed by atoms with Crippen molar-refractivity contribution in [3.63, 3.8) is 0 Å². The number of nitrogens with two attached hydrogens (primary N) is 3. The van der Waals surface area contributed by atoms with Gasteiger partial charge < -0.3 is 75.8 Å². The number of nitrogens with one attached hydrogen (secondary N) is 3. The second kappa shape index (κ2) is 20.7. The van der Waals surface area contributed by atoms with E-state index in [1.807, 2.05) is 0 Å². The first-order valence-corrected chi connectivity index (χ1v) is 27.8. The van der Waals surface area contributed by atoms with Crippen molar-refractivity contribution in [3.8, 4) is 0 Å². The lowest BCUT2D eigenvalue weighted by Crippen LogP contribution is -2.49. The van der Waals surface area contributed by atoms with Gasteiger partial charge in [0, 0.05) is 20.4 Å². The third-order valence-electron chi connectivity index (χ3n) is 12.2. The van der Waals surface area contributed by atoms with E-state index in [0.29, 0.717) is 0 Å². The quantitative estimate of drug-likeness (QED) is 0.0254. The van der Waals surface area contributed by atoms with Crippen LogP contribution in [-0.4, -0.2) is 173 Å². The van der Waals surface area contributed by atoms with E-state index >= 15 is 0 Å². The average Bonchev–Trinajstić information content (AvgIpc) is 4.23. The first-order valence-electron chi connectivity index (χ1n) is 21.8. The lowest BCUT2D eigenvalue weighted by molar-refractivity contribution is -0.745. The third-order valence-corrected chi connectivity index (χ3v) is 17.4. The number of phosphoric acid groups is 4. The van der Waals surface area contributed by atoms with Crippen LogP contribution in [0.15, 0.2) is 39.3 Å². The monoisotopic (exact) mass is 1180 g/mol. The van der Waals surface area contributed by atoms with Crippen LogP contribution in [0.4, 0.5) is 17.8 Å². The molecular formula is C34H47N14O25P4+. The smallest absolute Gasteiger partial charge is 0.387 e. The molecule has 422 valence electrons. The van der Waals surface area contributed by atoms with E-state index in [1.54, 1.807) is 0 Å². The number of aliphatic hydroxyl groups excluding tert-OH is 3. The number of nitrogen functional groups attached to an aromatic ring is 3. The van der Waals surface area contributed by atoms with Crippen molar-refractivity contribution in [1.29, 1.82) is 0 Å². The maximum Gasteiger partial charge on any atom is 0.490 e. The number of nitrogens with zero attached hydrogens (tertiary/aromatic N) is 8. The van der Waals surface area contributed by atoms with Gasteiger partial charge in [-0.3, -0.25) is 61.1 Å². The van der Waals surface area contributed by atoms with Crippen LogP contribution >= 0.6 is 31.3 Å². The number of H-pyrrole nitrogens is 3. The number of anilines is 3. The van der Waals surface area contributed by atoms with Gasteiger partial charge in [-0.2, -0.15) is 18.6 Å². The predicted octanol–water partition coefficient (Wildman–Crippen LogP) is -4.37. The highest BCUT2D eigenvalue weighted by molar-refractivity contribution is 7.66. The van der Waals surface area contributed by atoms with E-state index < -0.39 is 147 Å². The molecule has 3 saturated heterocycles. The Bertz CT molecular complexity index is 3630. The van der Waals surface area contributed by atoms with Crippen molar-refractivity contribution in [2.45, 2.75) is 67.0 Å². The minimum atomic E-state index is -6.20. The van der Waals surface area contributed by atoms with Gasteiger partial charge >= 0.3 is 36.9 Å². The molecule has 0 aromatic carbocycles. The number of aryl methyl sites for hydroxylation is 1. The Kier molecular flexibility index (Phi) is 15.2. The Labute approximate surface area is 426 Å². The Morgan fingerprint density at radius 1 is 0.766 bits per heavy atom. The first kappa shape index (κ1) is 56.4. The summed E-state index contributed by atoms with van der Waals surface area (Å²) in [4.78, 5) is 103. The zero-order chi connectivity index (χ0) is 55.9. The van der Waals surface area contributed by atoms with Crippen LogP contribution in [-0.2, 0) is 81.4 Å². The zero-order valence-electron chi connectivity index (χ0n) is 39.5. The van der Waals surface area contributed by atoms with Crippen LogP contribution in [0.2, 0.25) is 0 Å². The fourth-order valence-electron chi connectivity index (χ4n) is 8.85. The predicted molar refractivity (Wildman–Crippen MR) is 249 cm³/mol. The van der Waals surface area contributed by atoms with Crippen molar-refractivity contribution in [3.05, 3.63) is 56.0 Å². The molecule has 3 aliphatic rings. The fourth-order valence-corrected chi connectivity index (χ4v) is 13.4. The number of imidazole rings is 2. The molecule has 9 rings (SSSR count). The molecular weight excluding hydrogens is 1130 g/mol. The second-order valence-corrected chi connectivity index (χ2v) is 23.1. The summed E-state index contributed by atoms with van der Waals surface area (Å²) >= 11 is 0. The summed E-state index contributed by atoms with van der Waals surface area (Å²) in [7, 11) is -19.9. The van der Waals surface area contributed by atoms with E-state index in [-0.39, 0.29) is 45.3 Å². The van der Waals surface area contributed by atoms with Crippen molar-refractivity contribution in [2.75, 3.05) is 57.8 Å². The lowest BCUT2D eigenvalue weighted by Gasteiger charge is -2.36. The maximum absolute atomic E-state index is 13.9. The van der Waals surface area contributed by atoms with Crippen LogP contribution in [0.25, 0.3) is 33.4 Å². The minimum Gasteiger partial charge on any atom is -0.387 e. The molecule has 7 unspecified atom stereocenters. The Morgan fingerprint density at radius 2 is 1.36 bits per heavy atom. The number of methoxy groups -OCH3 is 2. The van der Waals surface area contributed by atoms with Gasteiger partial charge in [-0.05, 0) is 6.07 Å². The molecule has 0 aliphatic carbocycles. The van der Waals surface area contributed by atoms with Crippen molar-refractivity contribution >= 4 is 82.5 Å². The van der Waals surface area contributed by atoms with E-state index in [2.05, 4.69) is 43.5 Å². The minimum absolute atomic E-state index is 0.0152. The number of aromatic nitrogens is 11. The van der Waals surface area contributed by atoms with Crippen molar-refractivity contribution in [1.82, 2.24) is 48.6 Å². The van der Waals surface area contributed by atoms with Gasteiger partial charge in [0.1, 0.15) is 48.8 Å². The van der Waals surface area contributed by atoms with Crippen molar-refractivity contribution < 1.29 is 108 Å². The Morgan fingerprint density at radius 3 is 2.03 bits per heavy atom. The molecule has 39 nitrogen and oxygen atoms in total. The number of hydrogen-bond acceptors (Lipinski definition) is 28. The summed E-state index contributed by atoms with van der Waals surface area (Å²) < 4.78 is 115. The molecule has 0 radical (unpaired) electrons. The summed E-state index contributed by atoms with van der Waals surface area (Å²) in [6.45, 7) is -4.08. The topological polar surface area (TPSA) is 558 Å². The largest absolute Gasteiger partial charge is 0.490 e. The SMILES string of the molecule is COC1C(O)C([n+]2cn(C)c3c(=O)[nH]c(N)nc32)O[C@H]1COP(=O)(O)OP(=O)(O)OP(=O)(O)OC[C@H]1OC[C@@](OC)(n2ccc3c(=O)[nH]c(N)nc32)[C@H]1OP(=O)(O)OC[C@H]1O[C@@H](n2cnc3c(=O)[nH]c(N)nc32)[C@@H](O)[C@H]1O. The standard InChI is InChI=1S/C34H46N14O25P4/c1-45-11-47(25-17(45)28(54)44-33(37)41-25)30-20(51)21(63-2)14(70-30)7-67-75(57,58)72-77(61,62)73-76(59,60)68-8-15-22(34(64-3,9-65-15)48-5-4-12-23(48)39-31(35)42-26(12)52)71-74(55,56)66-6-13-18(49)19(50)29(69-13)46-10-38-16-24(46)40-32(36)43-27(16)53/h4-5,10-11,13-15,18-22,29-30,49-51H,6-9H2,1-3H3,(H12-,35,36,37,39,40,41,42,43,44,52,53,54,55,56,57,58,59,60,61,62)/p+1/t13-,14+,15-,18+,19+,20?,21?,22+,29-,30?,34+/m1/s1. The molecule has 0 amide bonds. The summed E-state index contributed by atoms with van der Waals surface area (Å²) in [5.41, 5.74) is 12.2. The fraction of sp³-hybridized carbons (Fsp3) is 0.529. The zero-order valence-corrected chi connectivity index (χ0v) is 43.1. The van der Waals surface area contributed by atoms with E-state index in [0.717, 1.165) is 29.7 Å². The highest BCUT2D eigenvalue weighted by Crippen LogP contribution is 2.68. The molecule has 6 aromatic heterocycles. The summed E-state index contributed by atoms with van der Waals surface area (Å²) in [6, 6.07) is 1.24. The molecule has 0 bridgehead atoms. The third kappa shape index (κ3) is 10.9. The van der Waals surface area contributed by atoms with Crippen LogP contribution in [0.5, 0.6) is 0 Å². The molecule has 0 saturated carbocycles. The number of hydrogen-bond donors (Lipinski definition) is 13. The molecule has 3 fully saturated rings. The van der Waals surface area contributed by atoms with Crippen LogP contribution in [0.1, 0.15) is 12.5 Å². The average molecular weight is 1180 g/mol. The molecule has 0 spiro atoms. The molecule has 16 N–H and O–H groups in total. The molecule has 77 heavy (non-hydrogen) atoms. The lowest BCUT2D eigenvalue weighted by atomic mass is 10.1. The number of fused-ring (bicyclic) bond motifs is 3. The van der Waals surface area contributed by atoms with Gasteiger partial charge in [0.05, 0.1) is 45.2 Å². The number of aromatic amines is 3. The van der Waals surface area contributed by atoms with E-state index in [4.69, 9.17) is 59.0 Å². The number of aliphatic hydroxyl groups is 3. The van der Waals surface area contributed by atoms with Crippen molar-refractivity contribution in [2.24, 2.45) is 7.05 Å². The highest BCUT2D eigenvalue weighted by Gasteiger charge is 2.58. The number of phosphoric ester groups is 3. The van der Waals surface area contributed by atoms with Gasteiger partial charge in [0.2, 0.25) is 23.6 Å².